The van der Waals surface area contributed by atoms with Crippen LogP contribution in [-0.4, -0.2) is 35.2 Å². The van der Waals surface area contributed by atoms with Gasteiger partial charge in [0.1, 0.15) is 0 Å². The third kappa shape index (κ3) is 4.72. The third-order valence-corrected chi connectivity index (χ3v) is 4.61. The molecule has 1 aromatic carbocycles. The van der Waals surface area contributed by atoms with Crippen LogP contribution < -0.4 is 14.8 Å². The van der Waals surface area contributed by atoms with Crippen molar-refractivity contribution in [1.82, 2.24) is 4.98 Å². The van der Waals surface area contributed by atoms with Crippen LogP contribution in [0.1, 0.15) is 26.2 Å². The van der Waals surface area contributed by atoms with Crippen molar-refractivity contribution in [2.45, 2.75) is 26.2 Å². The molecule has 0 saturated carbocycles. The number of carbonyl (C=O) groups is 2. The minimum Gasteiger partial charge on any atom is -0.490 e. The van der Waals surface area contributed by atoms with Crippen molar-refractivity contribution in [3.8, 4) is 22.8 Å². The fourth-order valence-electron chi connectivity index (χ4n) is 2.64. The molecule has 1 unspecified atom stereocenters. The van der Waals surface area contributed by atoms with Gasteiger partial charge < -0.3 is 19.9 Å². The lowest BCUT2D eigenvalue weighted by Gasteiger charge is -2.08. The summed E-state index contributed by atoms with van der Waals surface area (Å²) in [6, 6.07) is 5.65. The van der Waals surface area contributed by atoms with E-state index >= 15 is 0 Å². The van der Waals surface area contributed by atoms with Crippen molar-refractivity contribution < 1.29 is 24.2 Å². The van der Waals surface area contributed by atoms with Gasteiger partial charge in [-0.15, -0.1) is 11.3 Å². The lowest BCUT2D eigenvalue weighted by Crippen LogP contribution is -2.16. The van der Waals surface area contributed by atoms with Gasteiger partial charge in [-0.1, -0.05) is 6.92 Å². The van der Waals surface area contributed by atoms with Crippen LogP contribution in [-0.2, 0) is 9.59 Å². The van der Waals surface area contributed by atoms with Gasteiger partial charge in [-0.05, 0) is 24.1 Å². The normalized spacial score (nSPS) is 14.3. The number of aliphatic carboxylic acids is 1. The molecule has 8 heteroatoms. The molecular weight excluding hydrogens is 356 g/mol. The molecule has 2 aromatic rings. The monoisotopic (exact) mass is 376 g/mol. The number of thiazole rings is 1. The number of nitrogens with zero attached hydrogens (tertiary/aromatic N) is 1. The summed E-state index contributed by atoms with van der Waals surface area (Å²) in [5.41, 5.74) is 1.62. The number of anilines is 1. The first-order valence-corrected chi connectivity index (χ1v) is 9.26. The van der Waals surface area contributed by atoms with Crippen LogP contribution in [0.5, 0.6) is 11.5 Å². The van der Waals surface area contributed by atoms with Crippen LogP contribution in [0, 0.1) is 5.92 Å². The van der Waals surface area contributed by atoms with Crippen LogP contribution >= 0.6 is 11.3 Å². The number of rotatable bonds is 6. The van der Waals surface area contributed by atoms with Crippen molar-refractivity contribution in [3.63, 3.8) is 0 Å². The number of hydrogen-bond donors (Lipinski definition) is 2. The average Bonchev–Trinajstić information content (AvgIpc) is 2.89. The maximum absolute atomic E-state index is 12.0. The Morgan fingerprint density at radius 1 is 1.27 bits per heavy atom. The molecule has 1 aliphatic rings. The van der Waals surface area contributed by atoms with E-state index in [1.165, 1.54) is 11.3 Å². The summed E-state index contributed by atoms with van der Waals surface area (Å²) in [4.78, 5) is 27.1. The first kappa shape index (κ1) is 18.2. The Labute approximate surface area is 155 Å². The first-order valence-electron chi connectivity index (χ1n) is 8.38. The Bertz CT molecular complexity index is 805. The van der Waals surface area contributed by atoms with E-state index in [2.05, 4.69) is 10.3 Å². The second-order valence-electron chi connectivity index (χ2n) is 6.21. The van der Waals surface area contributed by atoms with Gasteiger partial charge in [0.2, 0.25) is 5.91 Å². The zero-order chi connectivity index (χ0) is 18.5. The molecule has 0 aliphatic carbocycles. The largest absolute Gasteiger partial charge is 0.490 e. The number of carboxylic acids is 1. The molecule has 7 nitrogen and oxygen atoms in total. The number of aromatic nitrogens is 1. The molecule has 0 saturated heterocycles. The van der Waals surface area contributed by atoms with Crippen molar-refractivity contribution in [3.05, 3.63) is 23.6 Å². The summed E-state index contributed by atoms with van der Waals surface area (Å²) in [5, 5.41) is 13.8. The number of amides is 1. The first-order chi connectivity index (χ1) is 12.5. The minimum absolute atomic E-state index is 0.0340. The molecule has 3 rings (SSSR count). The van der Waals surface area contributed by atoms with E-state index in [9.17, 15) is 9.59 Å². The Balaban J connectivity index is 1.65. The van der Waals surface area contributed by atoms with Gasteiger partial charge in [0.15, 0.2) is 16.6 Å². The van der Waals surface area contributed by atoms with Crippen LogP contribution in [0.15, 0.2) is 23.6 Å². The van der Waals surface area contributed by atoms with Gasteiger partial charge in [-0.3, -0.25) is 9.59 Å². The van der Waals surface area contributed by atoms with Gasteiger partial charge in [0.25, 0.3) is 0 Å². The Morgan fingerprint density at radius 2 is 2.04 bits per heavy atom. The van der Waals surface area contributed by atoms with E-state index in [0.717, 1.165) is 23.4 Å². The Hall–Kier alpha value is -2.61. The minimum atomic E-state index is -0.906. The van der Waals surface area contributed by atoms with Gasteiger partial charge in [-0.25, -0.2) is 4.98 Å². The molecule has 138 valence electrons. The number of hydrogen-bond acceptors (Lipinski definition) is 6. The standard InChI is InChI=1S/C18H20N2O5S/c1-11(8-17(22)23)7-16(21)20-18-19-13(10-26-18)12-3-4-14-15(9-12)25-6-2-5-24-14/h3-4,9-11H,2,5-8H2,1H3,(H,22,23)(H,19,20,21). The number of benzene rings is 1. The second-order valence-corrected chi connectivity index (χ2v) is 7.06. The highest BCUT2D eigenvalue weighted by molar-refractivity contribution is 7.14. The highest BCUT2D eigenvalue weighted by atomic mass is 32.1. The van der Waals surface area contributed by atoms with Crippen molar-refractivity contribution in [1.29, 1.82) is 0 Å². The summed E-state index contributed by atoms with van der Waals surface area (Å²) in [7, 11) is 0. The maximum Gasteiger partial charge on any atom is 0.303 e. The number of carbonyl (C=O) groups excluding carboxylic acids is 1. The van der Waals surface area contributed by atoms with Crippen LogP contribution in [0.4, 0.5) is 5.13 Å². The van der Waals surface area contributed by atoms with E-state index in [4.69, 9.17) is 14.6 Å². The molecule has 26 heavy (non-hydrogen) atoms. The number of carboxylic acid groups (broad SMARTS) is 1. The zero-order valence-electron chi connectivity index (χ0n) is 14.4. The predicted molar refractivity (Wildman–Crippen MR) is 97.8 cm³/mol. The van der Waals surface area contributed by atoms with Gasteiger partial charge in [0.05, 0.1) is 18.9 Å². The highest BCUT2D eigenvalue weighted by Crippen LogP contribution is 2.35. The second kappa shape index (κ2) is 8.18. The van der Waals surface area contributed by atoms with E-state index in [-0.39, 0.29) is 24.7 Å². The quantitative estimate of drug-likeness (QED) is 0.802. The van der Waals surface area contributed by atoms with Gasteiger partial charge in [0, 0.05) is 30.2 Å². The molecule has 0 fully saturated rings. The number of ether oxygens (including phenoxy) is 2. The Kier molecular flexibility index (Phi) is 5.72. The van der Waals surface area contributed by atoms with Crippen molar-refractivity contribution >= 4 is 28.3 Å². The topological polar surface area (TPSA) is 97.8 Å². The molecule has 0 spiro atoms. The summed E-state index contributed by atoms with van der Waals surface area (Å²) < 4.78 is 11.3. The van der Waals surface area contributed by atoms with Crippen LogP contribution in [0.2, 0.25) is 0 Å². The molecule has 1 atom stereocenters. The highest BCUT2D eigenvalue weighted by Gasteiger charge is 2.16. The molecule has 2 heterocycles. The van der Waals surface area contributed by atoms with Crippen molar-refractivity contribution in [2.24, 2.45) is 5.92 Å². The predicted octanol–water partition coefficient (Wildman–Crippen LogP) is 3.41. The van der Waals surface area contributed by atoms with E-state index in [0.29, 0.717) is 24.1 Å². The fourth-order valence-corrected chi connectivity index (χ4v) is 3.38. The average molecular weight is 376 g/mol. The Morgan fingerprint density at radius 3 is 2.81 bits per heavy atom. The maximum atomic E-state index is 12.0. The summed E-state index contributed by atoms with van der Waals surface area (Å²) in [6.07, 6.45) is 0.955. The van der Waals surface area contributed by atoms with Crippen LogP contribution in [0.3, 0.4) is 0 Å². The molecule has 2 N–H and O–H groups in total. The summed E-state index contributed by atoms with van der Waals surface area (Å²) in [6.45, 7) is 2.99. The lowest BCUT2D eigenvalue weighted by atomic mass is 10.0. The van der Waals surface area contributed by atoms with Gasteiger partial charge in [-0.2, -0.15) is 0 Å². The summed E-state index contributed by atoms with van der Waals surface area (Å²) >= 11 is 1.32. The zero-order valence-corrected chi connectivity index (χ0v) is 15.2. The smallest absolute Gasteiger partial charge is 0.303 e. The van der Waals surface area contributed by atoms with E-state index in [1.54, 1.807) is 6.92 Å². The SMILES string of the molecule is CC(CC(=O)O)CC(=O)Nc1nc(-c2ccc3c(c2)OCCCO3)cs1. The lowest BCUT2D eigenvalue weighted by molar-refractivity contribution is -0.138. The van der Waals surface area contributed by atoms with Crippen molar-refractivity contribution in [2.75, 3.05) is 18.5 Å². The van der Waals surface area contributed by atoms with E-state index < -0.39 is 5.97 Å². The molecule has 1 aromatic heterocycles. The fraction of sp³-hybridized carbons (Fsp3) is 0.389. The molecule has 1 amide bonds. The van der Waals surface area contributed by atoms with Gasteiger partial charge >= 0.3 is 5.97 Å². The molecular formula is C18H20N2O5S. The summed E-state index contributed by atoms with van der Waals surface area (Å²) in [5.74, 6) is 0.0479. The molecule has 0 radical (unpaired) electrons. The molecule has 1 aliphatic heterocycles. The number of fused-ring (bicyclic) bond motifs is 1. The van der Waals surface area contributed by atoms with E-state index in [1.807, 2.05) is 23.6 Å². The molecule has 0 bridgehead atoms. The number of nitrogens with one attached hydrogen (secondary N) is 1. The van der Waals surface area contributed by atoms with Crippen LogP contribution in [0.25, 0.3) is 11.3 Å². The third-order valence-electron chi connectivity index (χ3n) is 3.85.